The number of carbonyl (C=O) groups excluding carboxylic acids is 1. The zero-order valence-corrected chi connectivity index (χ0v) is 8.70. The summed E-state index contributed by atoms with van der Waals surface area (Å²) in [5.41, 5.74) is -0.693. The van der Waals surface area contributed by atoms with E-state index in [1.807, 2.05) is 0 Å². The number of hydrogen-bond acceptors (Lipinski definition) is 4. The third kappa shape index (κ3) is 3.08. The van der Waals surface area contributed by atoms with Crippen LogP contribution in [0, 0.1) is 0 Å². The van der Waals surface area contributed by atoms with Crippen LogP contribution in [0.3, 0.4) is 0 Å². The van der Waals surface area contributed by atoms with Crippen LogP contribution >= 0.6 is 0 Å². The molecule has 2 N–H and O–H groups in total. The van der Waals surface area contributed by atoms with Gasteiger partial charge in [0.25, 0.3) is 5.91 Å². The number of rotatable bonds is 2. The summed E-state index contributed by atoms with van der Waals surface area (Å²) < 4.78 is 4.59. The van der Waals surface area contributed by atoms with E-state index in [1.54, 1.807) is 20.8 Å². The molecule has 1 heterocycles. The molecule has 0 radical (unpaired) electrons. The van der Waals surface area contributed by atoms with Crippen molar-refractivity contribution >= 4 is 11.9 Å². The standard InChI is InChI=1S/C9H12N2O4/c1-9(2,3)10-7(12)6-4-5(8(13)14)11-15-6/h4H,1-3H3,(H,10,12)(H,13,14). The SMILES string of the molecule is CC(C)(C)NC(=O)c1cc(C(=O)O)no1. The zero-order valence-electron chi connectivity index (χ0n) is 8.70. The van der Waals surface area contributed by atoms with E-state index in [9.17, 15) is 9.59 Å². The Morgan fingerprint density at radius 3 is 2.47 bits per heavy atom. The molecular weight excluding hydrogens is 200 g/mol. The number of aromatic carboxylic acids is 1. The first kappa shape index (κ1) is 11.2. The number of carbonyl (C=O) groups is 2. The minimum absolute atomic E-state index is 0.109. The number of carboxylic acids is 1. The Hall–Kier alpha value is -1.85. The summed E-state index contributed by atoms with van der Waals surface area (Å²) in [5.74, 6) is -1.82. The molecule has 0 aliphatic heterocycles. The van der Waals surface area contributed by atoms with E-state index in [2.05, 4.69) is 15.0 Å². The summed E-state index contributed by atoms with van der Waals surface area (Å²) in [5, 5.41) is 14.4. The monoisotopic (exact) mass is 212 g/mol. The summed E-state index contributed by atoms with van der Waals surface area (Å²) in [6.07, 6.45) is 0. The highest BCUT2D eigenvalue weighted by atomic mass is 16.5. The summed E-state index contributed by atoms with van der Waals surface area (Å²) in [7, 11) is 0. The van der Waals surface area contributed by atoms with E-state index >= 15 is 0 Å². The van der Waals surface area contributed by atoms with Crippen LogP contribution in [-0.2, 0) is 0 Å². The van der Waals surface area contributed by atoms with Crippen LogP contribution in [0.15, 0.2) is 10.6 Å². The molecule has 6 heteroatoms. The molecule has 0 saturated carbocycles. The van der Waals surface area contributed by atoms with E-state index in [0.717, 1.165) is 6.07 Å². The first-order valence-electron chi connectivity index (χ1n) is 4.32. The summed E-state index contributed by atoms with van der Waals surface area (Å²) in [4.78, 5) is 21.9. The molecule has 0 spiro atoms. The lowest BCUT2D eigenvalue weighted by Gasteiger charge is -2.18. The Kier molecular flexibility index (Phi) is 2.78. The van der Waals surface area contributed by atoms with Crippen molar-refractivity contribution in [2.24, 2.45) is 0 Å². The van der Waals surface area contributed by atoms with Gasteiger partial charge in [-0.25, -0.2) is 4.79 Å². The first-order chi connectivity index (χ1) is 6.79. The van der Waals surface area contributed by atoms with Gasteiger partial charge in [-0.1, -0.05) is 5.16 Å². The Morgan fingerprint density at radius 1 is 1.47 bits per heavy atom. The van der Waals surface area contributed by atoms with Crippen molar-refractivity contribution in [1.82, 2.24) is 10.5 Å². The molecule has 0 bridgehead atoms. The fraction of sp³-hybridized carbons (Fsp3) is 0.444. The number of amides is 1. The molecule has 1 amide bonds. The van der Waals surface area contributed by atoms with E-state index in [1.165, 1.54) is 0 Å². The van der Waals surface area contributed by atoms with Gasteiger partial charge in [0.2, 0.25) is 5.76 Å². The largest absolute Gasteiger partial charge is 0.476 e. The van der Waals surface area contributed by atoms with Gasteiger partial charge in [-0.15, -0.1) is 0 Å². The number of carboxylic acid groups (broad SMARTS) is 1. The third-order valence-corrected chi connectivity index (χ3v) is 1.44. The number of nitrogens with zero attached hydrogens (tertiary/aromatic N) is 1. The highest BCUT2D eigenvalue weighted by Crippen LogP contribution is 2.06. The second-order valence-electron chi connectivity index (χ2n) is 4.09. The number of aromatic nitrogens is 1. The van der Waals surface area contributed by atoms with E-state index in [-0.39, 0.29) is 11.5 Å². The van der Waals surface area contributed by atoms with Gasteiger partial charge in [0.1, 0.15) is 0 Å². The van der Waals surface area contributed by atoms with Crippen molar-refractivity contribution in [3.8, 4) is 0 Å². The molecule has 0 saturated heterocycles. The van der Waals surface area contributed by atoms with Crippen molar-refractivity contribution in [3.05, 3.63) is 17.5 Å². The Bertz CT molecular complexity index is 389. The maximum absolute atomic E-state index is 11.5. The fourth-order valence-electron chi connectivity index (χ4n) is 0.885. The second kappa shape index (κ2) is 3.72. The average molecular weight is 212 g/mol. The van der Waals surface area contributed by atoms with Crippen LogP contribution in [0.1, 0.15) is 41.8 Å². The normalized spacial score (nSPS) is 11.1. The average Bonchev–Trinajstić information content (AvgIpc) is 2.47. The van der Waals surface area contributed by atoms with Crippen LogP contribution in [0.4, 0.5) is 0 Å². The molecule has 82 valence electrons. The first-order valence-corrected chi connectivity index (χ1v) is 4.32. The van der Waals surface area contributed by atoms with Gasteiger partial charge < -0.3 is 14.9 Å². The van der Waals surface area contributed by atoms with Gasteiger partial charge in [0.05, 0.1) is 0 Å². The molecular formula is C9H12N2O4. The lowest BCUT2D eigenvalue weighted by atomic mass is 10.1. The summed E-state index contributed by atoms with van der Waals surface area (Å²) in [6, 6.07) is 1.09. The maximum atomic E-state index is 11.5. The minimum Gasteiger partial charge on any atom is -0.476 e. The Morgan fingerprint density at radius 2 is 2.07 bits per heavy atom. The summed E-state index contributed by atoms with van der Waals surface area (Å²) in [6.45, 7) is 5.41. The predicted molar refractivity (Wildman–Crippen MR) is 50.7 cm³/mol. The molecule has 1 aromatic heterocycles. The molecule has 0 atom stereocenters. The van der Waals surface area contributed by atoms with E-state index in [4.69, 9.17) is 5.11 Å². The molecule has 1 rings (SSSR count). The predicted octanol–water partition coefficient (Wildman–Crippen LogP) is 0.901. The van der Waals surface area contributed by atoms with Crippen molar-refractivity contribution < 1.29 is 19.2 Å². The molecule has 6 nitrogen and oxygen atoms in total. The van der Waals surface area contributed by atoms with Crippen LogP contribution in [0.5, 0.6) is 0 Å². The molecule has 0 aromatic carbocycles. The van der Waals surface area contributed by atoms with Crippen molar-refractivity contribution in [2.75, 3.05) is 0 Å². The number of hydrogen-bond donors (Lipinski definition) is 2. The topological polar surface area (TPSA) is 92.4 Å². The van der Waals surface area contributed by atoms with Crippen molar-refractivity contribution in [1.29, 1.82) is 0 Å². The van der Waals surface area contributed by atoms with Crippen molar-refractivity contribution in [2.45, 2.75) is 26.3 Å². The van der Waals surface area contributed by atoms with Crippen LogP contribution < -0.4 is 5.32 Å². The number of nitrogens with one attached hydrogen (secondary N) is 1. The Balaban J connectivity index is 2.79. The fourth-order valence-corrected chi connectivity index (χ4v) is 0.885. The molecule has 0 aliphatic rings. The molecule has 0 unspecified atom stereocenters. The van der Waals surface area contributed by atoms with Gasteiger partial charge in [-0.05, 0) is 20.8 Å². The molecule has 0 fully saturated rings. The van der Waals surface area contributed by atoms with Gasteiger partial charge in [0, 0.05) is 11.6 Å². The van der Waals surface area contributed by atoms with Gasteiger partial charge in [-0.3, -0.25) is 4.79 Å². The highest BCUT2D eigenvalue weighted by Gasteiger charge is 2.20. The van der Waals surface area contributed by atoms with Gasteiger partial charge >= 0.3 is 5.97 Å². The Labute approximate surface area is 86.3 Å². The minimum atomic E-state index is -1.23. The van der Waals surface area contributed by atoms with Gasteiger partial charge in [-0.2, -0.15) is 0 Å². The highest BCUT2D eigenvalue weighted by molar-refractivity contribution is 5.94. The van der Waals surface area contributed by atoms with E-state index < -0.39 is 17.4 Å². The van der Waals surface area contributed by atoms with Crippen LogP contribution in [0.2, 0.25) is 0 Å². The zero-order chi connectivity index (χ0) is 11.6. The third-order valence-electron chi connectivity index (χ3n) is 1.44. The lowest BCUT2D eigenvalue weighted by Crippen LogP contribution is -2.40. The van der Waals surface area contributed by atoms with Crippen molar-refractivity contribution in [3.63, 3.8) is 0 Å². The smallest absolute Gasteiger partial charge is 0.358 e. The quantitative estimate of drug-likeness (QED) is 0.759. The summed E-state index contributed by atoms with van der Waals surface area (Å²) >= 11 is 0. The van der Waals surface area contributed by atoms with Crippen LogP contribution in [-0.4, -0.2) is 27.7 Å². The second-order valence-corrected chi connectivity index (χ2v) is 4.09. The molecule has 15 heavy (non-hydrogen) atoms. The maximum Gasteiger partial charge on any atom is 0.358 e. The van der Waals surface area contributed by atoms with Gasteiger partial charge in [0.15, 0.2) is 5.69 Å². The lowest BCUT2D eigenvalue weighted by molar-refractivity contribution is 0.0684. The molecule has 0 aliphatic carbocycles. The van der Waals surface area contributed by atoms with E-state index in [0.29, 0.717) is 0 Å². The molecule has 1 aromatic rings. The van der Waals surface area contributed by atoms with Crippen LogP contribution in [0.25, 0.3) is 0 Å².